The van der Waals surface area contributed by atoms with E-state index in [9.17, 15) is 4.79 Å². The number of hydrogen-bond acceptors (Lipinski definition) is 7. The van der Waals surface area contributed by atoms with E-state index in [-0.39, 0.29) is 10.6 Å². The Morgan fingerprint density at radius 1 is 1.48 bits per heavy atom. The van der Waals surface area contributed by atoms with E-state index in [0.29, 0.717) is 34.2 Å². The van der Waals surface area contributed by atoms with Crippen LogP contribution in [0.25, 0.3) is 21.7 Å². The van der Waals surface area contributed by atoms with Crippen molar-refractivity contribution in [3.05, 3.63) is 35.4 Å². The Bertz CT molecular complexity index is 912. The van der Waals surface area contributed by atoms with Crippen LogP contribution in [0.5, 0.6) is 0 Å². The largest absolute Gasteiger partial charge is 0.460 e. The van der Waals surface area contributed by atoms with Gasteiger partial charge in [0.15, 0.2) is 5.76 Å². The van der Waals surface area contributed by atoms with Crippen LogP contribution in [0.3, 0.4) is 0 Å². The van der Waals surface area contributed by atoms with Crippen molar-refractivity contribution in [3.63, 3.8) is 0 Å². The maximum atomic E-state index is 11.6. The van der Waals surface area contributed by atoms with Crippen molar-refractivity contribution >= 4 is 39.1 Å². The molecular weight excluding hydrogens is 314 g/mol. The quantitative estimate of drug-likeness (QED) is 0.619. The van der Waals surface area contributed by atoms with E-state index in [2.05, 4.69) is 21.9 Å². The van der Waals surface area contributed by atoms with E-state index in [4.69, 9.17) is 15.9 Å². The van der Waals surface area contributed by atoms with Crippen molar-refractivity contribution in [1.82, 2.24) is 9.97 Å². The minimum Gasteiger partial charge on any atom is -0.460 e. The average molecular weight is 329 g/mol. The van der Waals surface area contributed by atoms with Gasteiger partial charge in [-0.3, -0.25) is 4.79 Å². The van der Waals surface area contributed by atoms with Gasteiger partial charge in [0.1, 0.15) is 21.2 Å². The van der Waals surface area contributed by atoms with Gasteiger partial charge in [0.2, 0.25) is 5.95 Å². The molecule has 0 fully saturated rings. The summed E-state index contributed by atoms with van der Waals surface area (Å²) in [6.07, 6.45) is 1.70. The van der Waals surface area contributed by atoms with Crippen LogP contribution in [0, 0.1) is 6.92 Å². The van der Waals surface area contributed by atoms with Crippen LogP contribution in [-0.2, 0) is 0 Å². The summed E-state index contributed by atoms with van der Waals surface area (Å²) >= 11 is 1.14. The minimum absolute atomic E-state index is 0.264. The number of carbonyl (C=O) groups is 1. The number of anilines is 2. The first kappa shape index (κ1) is 15.0. The summed E-state index contributed by atoms with van der Waals surface area (Å²) in [4.78, 5) is 21.2. The number of aromatic nitrogens is 2. The number of nitrogens with zero attached hydrogens (tertiary/aromatic N) is 2. The lowest BCUT2D eigenvalue weighted by Crippen LogP contribution is -2.10. The molecule has 0 radical (unpaired) electrons. The summed E-state index contributed by atoms with van der Waals surface area (Å²) in [6.45, 7) is 5.99. The van der Waals surface area contributed by atoms with Crippen LogP contribution in [0.4, 0.5) is 11.6 Å². The van der Waals surface area contributed by atoms with Crippen LogP contribution in [0.1, 0.15) is 15.4 Å². The number of amides is 1. The van der Waals surface area contributed by atoms with Gasteiger partial charge in [0.25, 0.3) is 5.91 Å². The molecule has 0 saturated heterocycles. The molecule has 5 N–H and O–H groups in total. The lowest BCUT2D eigenvalue weighted by molar-refractivity contribution is 0.100. The van der Waals surface area contributed by atoms with Crippen molar-refractivity contribution in [2.75, 3.05) is 17.6 Å². The van der Waals surface area contributed by atoms with Crippen molar-refractivity contribution in [2.24, 2.45) is 5.73 Å². The zero-order chi connectivity index (χ0) is 16.6. The second-order valence-electron chi connectivity index (χ2n) is 4.86. The van der Waals surface area contributed by atoms with Crippen LogP contribution in [0.2, 0.25) is 0 Å². The molecule has 0 atom stereocenters. The Balaban J connectivity index is 2.28. The van der Waals surface area contributed by atoms with Gasteiger partial charge in [-0.1, -0.05) is 6.08 Å². The highest BCUT2D eigenvalue weighted by Crippen LogP contribution is 2.39. The summed E-state index contributed by atoms with van der Waals surface area (Å²) in [5, 5.41) is 3.60. The SMILES string of the molecule is C=CCNc1nc(-c2ccc(C)o2)c2c(N)c(C(N)=O)sc2n1. The van der Waals surface area contributed by atoms with Crippen LogP contribution < -0.4 is 16.8 Å². The van der Waals surface area contributed by atoms with Gasteiger partial charge in [-0.15, -0.1) is 17.9 Å². The molecule has 3 aromatic heterocycles. The van der Waals surface area contributed by atoms with Crippen molar-refractivity contribution < 1.29 is 9.21 Å². The number of thiophene rings is 1. The molecule has 0 saturated carbocycles. The molecular formula is C15H15N5O2S. The molecule has 0 spiro atoms. The topological polar surface area (TPSA) is 120 Å². The molecule has 7 nitrogen and oxygen atoms in total. The fourth-order valence-corrected chi connectivity index (χ4v) is 3.13. The highest BCUT2D eigenvalue weighted by Gasteiger charge is 2.22. The van der Waals surface area contributed by atoms with E-state index >= 15 is 0 Å². The van der Waals surface area contributed by atoms with E-state index in [0.717, 1.165) is 17.1 Å². The number of fused-ring (bicyclic) bond motifs is 1. The number of hydrogen-bond donors (Lipinski definition) is 3. The van der Waals surface area contributed by atoms with Gasteiger partial charge in [0, 0.05) is 6.54 Å². The first-order chi connectivity index (χ1) is 11.0. The first-order valence-corrected chi connectivity index (χ1v) is 7.64. The Morgan fingerprint density at radius 2 is 2.26 bits per heavy atom. The third kappa shape index (κ3) is 2.64. The molecule has 1 amide bonds. The van der Waals surface area contributed by atoms with Crippen LogP contribution >= 0.6 is 11.3 Å². The molecule has 0 bridgehead atoms. The van der Waals surface area contributed by atoms with Crippen LogP contribution in [-0.4, -0.2) is 22.4 Å². The number of aryl methyl sites for hydroxylation is 1. The van der Waals surface area contributed by atoms with Gasteiger partial charge in [-0.2, -0.15) is 0 Å². The number of nitrogens with two attached hydrogens (primary N) is 2. The zero-order valence-corrected chi connectivity index (χ0v) is 13.2. The lowest BCUT2D eigenvalue weighted by Gasteiger charge is -2.06. The molecule has 0 unspecified atom stereocenters. The molecule has 3 heterocycles. The lowest BCUT2D eigenvalue weighted by atomic mass is 10.2. The molecule has 23 heavy (non-hydrogen) atoms. The fourth-order valence-electron chi connectivity index (χ4n) is 2.19. The second-order valence-corrected chi connectivity index (χ2v) is 5.86. The predicted octanol–water partition coefficient (Wildman–Crippen LogP) is 2.54. The van der Waals surface area contributed by atoms with Crippen molar-refractivity contribution in [1.29, 1.82) is 0 Å². The third-order valence-electron chi connectivity index (χ3n) is 3.19. The Hall–Kier alpha value is -2.87. The smallest absolute Gasteiger partial charge is 0.260 e. The number of rotatable bonds is 5. The van der Waals surface area contributed by atoms with Crippen molar-refractivity contribution in [2.45, 2.75) is 6.92 Å². The number of primary amides is 1. The fraction of sp³-hybridized carbons (Fsp3) is 0.133. The predicted molar refractivity (Wildman–Crippen MR) is 91.5 cm³/mol. The molecule has 0 aliphatic rings. The molecule has 0 aromatic carbocycles. The Morgan fingerprint density at radius 3 is 2.87 bits per heavy atom. The molecule has 3 rings (SSSR count). The molecule has 3 aromatic rings. The number of carbonyl (C=O) groups excluding carboxylic acids is 1. The number of furan rings is 1. The van der Waals surface area contributed by atoms with Gasteiger partial charge >= 0.3 is 0 Å². The summed E-state index contributed by atoms with van der Waals surface area (Å²) in [7, 11) is 0. The highest BCUT2D eigenvalue weighted by atomic mass is 32.1. The Kier molecular flexibility index (Phi) is 3.75. The van der Waals surface area contributed by atoms with E-state index in [1.165, 1.54) is 0 Å². The van der Waals surface area contributed by atoms with Crippen LogP contribution in [0.15, 0.2) is 29.2 Å². The minimum atomic E-state index is -0.590. The second kappa shape index (κ2) is 5.73. The van der Waals surface area contributed by atoms with Gasteiger partial charge in [-0.05, 0) is 19.1 Å². The summed E-state index contributed by atoms with van der Waals surface area (Å²) in [5.74, 6) is 1.11. The monoisotopic (exact) mass is 329 g/mol. The van der Waals surface area contributed by atoms with Gasteiger partial charge in [0.05, 0.1) is 11.1 Å². The normalized spacial score (nSPS) is 10.8. The average Bonchev–Trinajstić information content (AvgIpc) is 3.08. The summed E-state index contributed by atoms with van der Waals surface area (Å²) in [5.41, 5.74) is 12.3. The standard InChI is InChI=1S/C15H15N5O2S/c1-3-6-18-15-19-11(8-5-4-7(2)22-8)9-10(16)12(13(17)21)23-14(9)20-15/h3-5H,1,6,16H2,2H3,(H2,17,21)(H,18,19,20). The van der Waals surface area contributed by atoms with Gasteiger partial charge in [-0.25, -0.2) is 9.97 Å². The molecule has 118 valence electrons. The molecule has 0 aliphatic heterocycles. The maximum absolute atomic E-state index is 11.6. The van der Waals surface area contributed by atoms with Gasteiger partial charge < -0.3 is 21.2 Å². The first-order valence-electron chi connectivity index (χ1n) is 6.82. The molecule has 0 aliphatic carbocycles. The van der Waals surface area contributed by atoms with E-state index in [1.807, 2.05) is 13.0 Å². The summed E-state index contributed by atoms with van der Waals surface area (Å²) < 4.78 is 5.66. The zero-order valence-electron chi connectivity index (χ0n) is 12.4. The number of nitrogens with one attached hydrogen (secondary N) is 1. The summed E-state index contributed by atoms with van der Waals surface area (Å²) in [6, 6.07) is 3.63. The highest BCUT2D eigenvalue weighted by molar-refractivity contribution is 7.21. The Labute approximate surface area is 136 Å². The van der Waals surface area contributed by atoms with E-state index in [1.54, 1.807) is 12.1 Å². The third-order valence-corrected chi connectivity index (χ3v) is 4.30. The van der Waals surface area contributed by atoms with E-state index < -0.39 is 5.91 Å². The molecule has 8 heteroatoms. The van der Waals surface area contributed by atoms with Crippen molar-refractivity contribution in [3.8, 4) is 11.5 Å². The number of nitrogen functional groups attached to an aromatic ring is 1. The maximum Gasteiger partial charge on any atom is 0.260 e.